The van der Waals surface area contributed by atoms with E-state index in [1.165, 1.54) is 11.3 Å². The molecule has 4 nitrogen and oxygen atoms in total. The van der Waals surface area contributed by atoms with Crippen molar-refractivity contribution >= 4 is 5.69 Å². The van der Waals surface area contributed by atoms with E-state index in [4.69, 9.17) is 4.74 Å². The fourth-order valence-electron chi connectivity index (χ4n) is 3.45. The molecule has 0 amide bonds. The van der Waals surface area contributed by atoms with Crippen molar-refractivity contribution in [3.8, 4) is 5.75 Å². The number of β-amino-alcohol motifs (C(OH)–C–C–N with tert-alkyl or cyclic N) is 1. The van der Waals surface area contributed by atoms with Crippen LogP contribution in [0.5, 0.6) is 5.75 Å². The van der Waals surface area contributed by atoms with Gasteiger partial charge in [0.25, 0.3) is 0 Å². The number of aliphatic hydroxyl groups excluding tert-OH is 1. The first-order valence-corrected chi connectivity index (χ1v) is 9.55. The first-order valence-electron chi connectivity index (χ1n) is 9.55. The highest BCUT2D eigenvalue weighted by atomic mass is 16.5. The van der Waals surface area contributed by atoms with E-state index in [0.29, 0.717) is 19.1 Å². The van der Waals surface area contributed by atoms with Gasteiger partial charge in [0.1, 0.15) is 18.5 Å². The van der Waals surface area contributed by atoms with Crippen LogP contribution in [-0.4, -0.2) is 55.4 Å². The summed E-state index contributed by atoms with van der Waals surface area (Å²) >= 11 is 0. The Labute approximate surface area is 157 Å². The molecule has 1 heterocycles. The van der Waals surface area contributed by atoms with Crippen molar-refractivity contribution in [2.75, 3.05) is 44.2 Å². The molecule has 1 aliphatic rings. The second-order valence-electron chi connectivity index (χ2n) is 7.28. The lowest BCUT2D eigenvalue weighted by molar-refractivity contribution is 0.0659. The molecular weight excluding hydrogens is 324 g/mol. The van der Waals surface area contributed by atoms with Gasteiger partial charge in [-0.2, -0.15) is 0 Å². The molecule has 1 aliphatic heterocycles. The number of hydrogen-bond acceptors (Lipinski definition) is 4. The molecule has 0 aromatic heterocycles. The number of ether oxygens (including phenoxy) is 1. The lowest BCUT2D eigenvalue weighted by Crippen LogP contribution is -2.49. The molecule has 0 spiro atoms. The molecule has 3 rings (SSSR count). The van der Waals surface area contributed by atoms with Gasteiger partial charge < -0.3 is 14.7 Å². The molecule has 0 unspecified atom stereocenters. The highest BCUT2D eigenvalue weighted by Crippen LogP contribution is 2.26. The minimum Gasteiger partial charge on any atom is -0.491 e. The van der Waals surface area contributed by atoms with Crippen LogP contribution in [-0.2, 0) is 0 Å². The molecule has 140 valence electrons. The lowest BCUT2D eigenvalue weighted by atomic mass is 10.0. The maximum Gasteiger partial charge on any atom is 0.122 e. The summed E-state index contributed by atoms with van der Waals surface area (Å²) in [5.74, 6) is 1.30. The third-order valence-corrected chi connectivity index (χ3v) is 4.93. The zero-order valence-electron chi connectivity index (χ0n) is 15.8. The molecule has 2 aromatic rings. The van der Waals surface area contributed by atoms with Crippen molar-refractivity contribution < 1.29 is 9.84 Å². The van der Waals surface area contributed by atoms with Gasteiger partial charge in [-0.05, 0) is 29.7 Å². The number of para-hydroxylation sites is 2. The maximum absolute atomic E-state index is 10.4. The second kappa shape index (κ2) is 9.06. The fraction of sp³-hybridized carbons (Fsp3) is 0.455. The lowest BCUT2D eigenvalue weighted by Gasteiger charge is -2.36. The molecule has 2 aromatic carbocycles. The van der Waals surface area contributed by atoms with Gasteiger partial charge in [0, 0.05) is 38.4 Å². The van der Waals surface area contributed by atoms with E-state index in [-0.39, 0.29) is 0 Å². The Morgan fingerprint density at radius 3 is 2.27 bits per heavy atom. The van der Waals surface area contributed by atoms with Crippen LogP contribution in [0.4, 0.5) is 5.69 Å². The van der Waals surface area contributed by atoms with Crippen molar-refractivity contribution in [1.29, 1.82) is 0 Å². The summed E-state index contributed by atoms with van der Waals surface area (Å²) in [5, 5.41) is 10.4. The maximum atomic E-state index is 10.4. The Hall–Kier alpha value is -2.04. The summed E-state index contributed by atoms with van der Waals surface area (Å²) in [7, 11) is 0. The normalized spacial score (nSPS) is 16.7. The molecule has 0 saturated carbocycles. The summed E-state index contributed by atoms with van der Waals surface area (Å²) < 4.78 is 5.91. The third kappa shape index (κ3) is 4.99. The van der Waals surface area contributed by atoms with E-state index < -0.39 is 6.10 Å². The van der Waals surface area contributed by atoms with Crippen LogP contribution in [0.15, 0.2) is 54.6 Å². The van der Waals surface area contributed by atoms with Crippen LogP contribution in [0.25, 0.3) is 0 Å². The Bertz CT molecular complexity index is 667. The van der Waals surface area contributed by atoms with Gasteiger partial charge >= 0.3 is 0 Å². The second-order valence-corrected chi connectivity index (χ2v) is 7.28. The largest absolute Gasteiger partial charge is 0.491 e. The van der Waals surface area contributed by atoms with Crippen LogP contribution in [0.1, 0.15) is 25.3 Å². The molecule has 1 atom stereocenters. The van der Waals surface area contributed by atoms with Gasteiger partial charge in [-0.15, -0.1) is 0 Å². The Morgan fingerprint density at radius 2 is 1.58 bits per heavy atom. The quantitative estimate of drug-likeness (QED) is 0.827. The van der Waals surface area contributed by atoms with Gasteiger partial charge in [0.2, 0.25) is 0 Å². The average Bonchev–Trinajstić information content (AvgIpc) is 2.68. The molecular formula is C22H30N2O2. The zero-order chi connectivity index (χ0) is 18.4. The molecule has 0 aliphatic carbocycles. The molecule has 4 heteroatoms. The Balaban J connectivity index is 1.44. The van der Waals surface area contributed by atoms with Crippen LogP contribution >= 0.6 is 0 Å². The van der Waals surface area contributed by atoms with Crippen LogP contribution in [0.2, 0.25) is 0 Å². The molecule has 0 radical (unpaired) electrons. The van der Waals surface area contributed by atoms with Crippen molar-refractivity contribution in [3.63, 3.8) is 0 Å². The number of nitrogens with zero attached hydrogens (tertiary/aromatic N) is 2. The van der Waals surface area contributed by atoms with Crippen LogP contribution in [0, 0.1) is 0 Å². The summed E-state index contributed by atoms with van der Waals surface area (Å²) in [5.41, 5.74) is 2.47. The average molecular weight is 354 g/mol. The van der Waals surface area contributed by atoms with Crippen molar-refractivity contribution in [3.05, 3.63) is 60.2 Å². The smallest absolute Gasteiger partial charge is 0.122 e. The summed E-state index contributed by atoms with van der Waals surface area (Å²) in [6, 6.07) is 18.6. The minimum absolute atomic E-state index is 0.336. The van der Waals surface area contributed by atoms with Gasteiger partial charge in [0.15, 0.2) is 0 Å². The summed E-state index contributed by atoms with van der Waals surface area (Å²) in [4.78, 5) is 4.72. The summed E-state index contributed by atoms with van der Waals surface area (Å²) in [6.07, 6.45) is -0.474. The number of anilines is 1. The van der Waals surface area contributed by atoms with Crippen molar-refractivity contribution in [1.82, 2.24) is 4.90 Å². The number of piperazine rings is 1. The molecule has 1 saturated heterocycles. The third-order valence-electron chi connectivity index (χ3n) is 4.93. The minimum atomic E-state index is -0.474. The number of hydrogen-bond donors (Lipinski definition) is 1. The van der Waals surface area contributed by atoms with Gasteiger partial charge in [-0.1, -0.05) is 50.2 Å². The SMILES string of the molecule is CC(C)c1ccccc1OC[C@H](O)CN1CCN(c2ccccc2)CC1. The molecule has 1 N–H and O–H groups in total. The molecule has 1 fully saturated rings. The number of rotatable bonds is 7. The van der Waals surface area contributed by atoms with E-state index in [9.17, 15) is 5.11 Å². The zero-order valence-corrected chi connectivity index (χ0v) is 15.8. The fourth-order valence-corrected chi connectivity index (χ4v) is 3.45. The van der Waals surface area contributed by atoms with Gasteiger partial charge in [-0.25, -0.2) is 0 Å². The van der Waals surface area contributed by atoms with Crippen LogP contribution < -0.4 is 9.64 Å². The van der Waals surface area contributed by atoms with Crippen LogP contribution in [0.3, 0.4) is 0 Å². The van der Waals surface area contributed by atoms with Gasteiger partial charge in [-0.3, -0.25) is 4.90 Å². The number of aliphatic hydroxyl groups is 1. The first-order chi connectivity index (χ1) is 12.6. The standard InChI is InChI=1S/C22H30N2O2/c1-18(2)21-10-6-7-11-22(21)26-17-20(25)16-23-12-14-24(15-13-23)19-8-4-3-5-9-19/h3-11,18,20,25H,12-17H2,1-2H3/t20-/m1/s1. The van der Waals surface area contributed by atoms with E-state index >= 15 is 0 Å². The highest BCUT2D eigenvalue weighted by Gasteiger charge is 2.20. The van der Waals surface area contributed by atoms with E-state index in [0.717, 1.165) is 31.9 Å². The first kappa shape index (κ1) is 18.7. The van der Waals surface area contributed by atoms with E-state index in [2.05, 4.69) is 54.0 Å². The highest BCUT2D eigenvalue weighted by molar-refractivity contribution is 5.46. The Morgan fingerprint density at radius 1 is 0.923 bits per heavy atom. The molecule has 26 heavy (non-hydrogen) atoms. The molecule has 0 bridgehead atoms. The van der Waals surface area contributed by atoms with Crippen molar-refractivity contribution in [2.24, 2.45) is 0 Å². The Kier molecular flexibility index (Phi) is 6.53. The van der Waals surface area contributed by atoms with E-state index in [1.807, 2.05) is 24.3 Å². The predicted octanol–water partition coefficient (Wildman–Crippen LogP) is 3.37. The predicted molar refractivity (Wildman–Crippen MR) is 107 cm³/mol. The monoisotopic (exact) mass is 354 g/mol. The van der Waals surface area contributed by atoms with Crippen molar-refractivity contribution in [2.45, 2.75) is 25.9 Å². The summed E-state index contributed by atoms with van der Waals surface area (Å²) in [6.45, 7) is 9.23. The topological polar surface area (TPSA) is 35.9 Å². The number of benzene rings is 2. The van der Waals surface area contributed by atoms with Gasteiger partial charge in [0.05, 0.1) is 0 Å². The van der Waals surface area contributed by atoms with E-state index in [1.54, 1.807) is 0 Å².